The second-order valence-corrected chi connectivity index (χ2v) is 11.0. The van der Waals surface area contributed by atoms with Crippen molar-refractivity contribution in [1.29, 1.82) is 5.26 Å². The number of hydrogen-bond donors (Lipinski definition) is 0. The Bertz CT molecular complexity index is 1110. The van der Waals surface area contributed by atoms with Crippen molar-refractivity contribution in [1.82, 2.24) is 0 Å². The predicted octanol–water partition coefficient (Wildman–Crippen LogP) is 9.95. The molecule has 1 saturated carbocycles. The summed E-state index contributed by atoms with van der Waals surface area (Å²) in [5.74, 6) is 1.75. The normalized spacial score (nSPS) is 17.6. The Balaban J connectivity index is 1.23. The van der Waals surface area contributed by atoms with Crippen molar-refractivity contribution in [3.8, 4) is 17.2 Å². The van der Waals surface area contributed by atoms with Gasteiger partial charge < -0.3 is 0 Å². The molecule has 188 valence electrons. The molecule has 0 spiro atoms. The molecule has 1 fully saturated rings. The Labute approximate surface area is 219 Å². The summed E-state index contributed by atoms with van der Waals surface area (Å²) in [5, 5.41) is 9.10. The van der Waals surface area contributed by atoms with E-state index in [4.69, 9.17) is 5.26 Å². The van der Waals surface area contributed by atoms with Gasteiger partial charge in [0, 0.05) is 0 Å². The number of unbranched alkanes of at least 4 members (excludes halogenated alkanes) is 4. The number of benzene rings is 3. The zero-order valence-corrected chi connectivity index (χ0v) is 22.4. The monoisotopic (exact) mass is 477 g/mol. The van der Waals surface area contributed by atoms with E-state index in [-0.39, 0.29) is 0 Å². The van der Waals surface area contributed by atoms with E-state index in [1.165, 1.54) is 86.5 Å². The zero-order chi connectivity index (χ0) is 25.2. The van der Waals surface area contributed by atoms with Gasteiger partial charge >= 0.3 is 0 Å². The molecule has 0 bridgehead atoms. The van der Waals surface area contributed by atoms with Crippen LogP contribution in [-0.4, -0.2) is 0 Å². The Hall–Kier alpha value is -2.85. The lowest BCUT2D eigenvalue weighted by Gasteiger charge is -2.29. The molecule has 0 radical (unpaired) electrons. The maximum absolute atomic E-state index is 9.10. The first kappa shape index (κ1) is 26.2. The van der Waals surface area contributed by atoms with Crippen LogP contribution in [0.4, 0.5) is 0 Å². The number of hydrogen-bond acceptors (Lipinski definition) is 1. The molecule has 1 aliphatic carbocycles. The van der Waals surface area contributed by atoms with Crippen molar-refractivity contribution in [2.24, 2.45) is 5.92 Å². The molecule has 0 aromatic heterocycles. The highest BCUT2D eigenvalue weighted by atomic mass is 14.3. The Kier molecular flexibility index (Phi) is 9.80. The summed E-state index contributed by atoms with van der Waals surface area (Å²) in [6, 6.07) is 26.6. The molecule has 0 unspecified atom stereocenters. The quantitative estimate of drug-likeness (QED) is 0.252. The molecule has 0 saturated heterocycles. The average molecular weight is 478 g/mol. The number of rotatable bonds is 11. The summed E-state index contributed by atoms with van der Waals surface area (Å²) < 4.78 is 0. The highest BCUT2D eigenvalue weighted by Crippen LogP contribution is 2.38. The van der Waals surface area contributed by atoms with Crippen molar-refractivity contribution in [2.45, 2.75) is 96.8 Å². The highest BCUT2D eigenvalue weighted by molar-refractivity contribution is 5.68. The van der Waals surface area contributed by atoms with Gasteiger partial charge in [0.15, 0.2) is 0 Å². The van der Waals surface area contributed by atoms with Crippen molar-refractivity contribution >= 4 is 0 Å². The minimum absolute atomic E-state index is 0.722. The first-order valence-corrected chi connectivity index (χ1v) is 14.3. The van der Waals surface area contributed by atoms with E-state index >= 15 is 0 Å². The summed E-state index contributed by atoms with van der Waals surface area (Å²) in [7, 11) is 0. The largest absolute Gasteiger partial charge is 0.192 e. The first-order chi connectivity index (χ1) is 17.7. The fourth-order valence-corrected chi connectivity index (χ4v) is 5.97. The summed E-state index contributed by atoms with van der Waals surface area (Å²) in [6.07, 6.45) is 16.3. The summed E-state index contributed by atoms with van der Waals surface area (Å²) in [4.78, 5) is 0. The van der Waals surface area contributed by atoms with Gasteiger partial charge in [-0.05, 0) is 103 Å². The van der Waals surface area contributed by atoms with E-state index in [0.29, 0.717) is 0 Å². The van der Waals surface area contributed by atoms with Gasteiger partial charge in [0.2, 0.25) is 0 Å². The maximum Gasteiger partial charge on any atom is 0.0991 e. The predicted molar refractivity (Wildman–Crippen MR) is 153 cm³/mol. The van der Waals surface area contributed by atoms with Crippen LogP contribution in [-0.2, 0) is 12.8 Å². The van der Waals surface area contributed by atoms with Crippen molar-refractivity contribution in [3.63, 3.8) is 0 Å². The fourth-order valence-electron chi connectivity index (χ4n) is 5.97. The average Bonchev–Trinajstić information content (AvgIpc) is 2.93. The van der Waals surface area contributed by atoms with Crippen LogP contribution in [0.2, 0.25) is 0 Å². The molecule has 0 aliphatic heterocycles. The van der Waals surface area contributed by atoms with Gasteiger partial charge in [0.05, 0.1) is 11.6 Å². The lowest BCUT2D eigenvalue weighted by atomic mass is 9.77. The maximum atomic E-state index is 9.10. The lowest BCUT2D eigenvalue weighted by Crippen LogP contribution is -2.13. The zero-order valence-electron chi connectivity index (χ0n) is 22.4. The molecule has 4 rings (SSSR count). The van der Waals surface area contributed by atoms with Crippen LogP contribution in [0.25, 0.3) is 11.1 Å². The van der Waals surface area contributed by atoms with Crippen molar-refractivity contribution in [3.05, 3.63) is 94.5 Å². The second kappa shape index (κ2) is 13.5. The van der Waals surface area contributed by atoms with E-state index in [2.05, 4.69) is 74.5 Å². The van der Waals surface area contributed by atoms with Crippen LogP contribution in [0.5, 0.6) is 0 Å². The number of nitrogens with zero attached hydrogens (tertiary/aromatic N) is 1. The Morgan fingerprint density at radius 3 is 2.00 bits per heavy atom. The van der Waals surface area contributed by atoms with E-state index in [1.807, 2.05) is 12.1 Å². The first-order valence-electron chi connectivity index (χ1n) is 14.3. The van der Waals surface area contributed by atoms with Gasteiger partial charge in [-0.2, -0.15) is 5.26 Å². The lowest BCUT2D eigenvalue weighted by molar-refractivity contribution is 0.302. The molecule has 36 heavy (non-hydrogen) atoms. The standard InChI is InChI=1S/C35H43N/c1-3-4-5-6-7-8-28-11-18-32(19-12-28)33-20-13-29(14-21-33)9-10-30-15-22-34(23-16-30)35-24-17-31(26-36)25-27(35)2/h13-17,20-25,28,32H,3-12,18-19H2,1-2H3/t28-,32-. The third kappa shape index (κ3) is 7.33. The molecule has 1 aliphatic rings. The topological polar surface area (TPSA) is 23.8 Å². The second-order valence-electron chi connectivity index (χ2n) is 11.0. The number of nitriles is 1. The molecular weight excluding hydrogens is 434 g/mol. The third-order valence-electron chi connectivity index (χ3n) is 8.34. The molecule has 3 aromatic rings. The van der Waals surface area contributed by atoms with Gasteiger partial charge in [-0.1, -0.05) is 100 Å². The molecule has 1 nitrogen and oxygen atoms in total. The molecule has 0 atom stereocenters. The van der Waals surface area contributed by atoms with E-state index < -0.39 is 0 Å². The van der Waals surface area contributed by atoms with Crippen LogP contribution < -0.4 is 0 Å². The van der Waals surface area contributed by atoms with Crippen molar-refractivity contribution < 1.29 is 0 Å². The van der Waals surface area contributed by atoms with Crippen LogP contribution in [0.15, 0.2) is 66.7 Å². The molecule has 0 amide bonds. The number of aryl methyl sites for hydroxylation is 3. The van der Waals surface area contributed by atoms with E-state index in [0.717, 1.165) is 35.8 Å². The Morgan fingerprint density at radius 2 is 1.39 bits per heavy atom. The minimum atomic E-state index is 0.722. The van der Waals surface area contributed by atoms with Crippen LogP contribution >= 0.6 is 0 Å². The van der Waals surface area contributed by atoms with Gasteiger partial charge in [-0.15, -0.1) is 0 Å². The van der Waals surface area contributed by atoms with E-state index in [9.17, 15) is 0 Å². The Morgan fingerprint density at radius 1 is 0.750 bits per heavy atom. The highest BCUT2D eigenvalue weighted by Gasteiger charge is 2.22. The summed E-state index contributed by atoms with van der Waals surface area (Å²) in [5.41, 5.74) is 8.67. The SMILES string of the molecule is CCCCCCC[C@H]1CC[C@H](c2ccc(CCc3ccc(-c4ccc(C#N)cc4C)cc3)cc2)CC1. The summed E-state index contributed by atoms with van der Waals surface area (Å²) >= 11 is 0. The smallest absolute Gasteiger partial charge is 0.0991 e. The molecule has 0 N–H and O–H groups in total. The molecule has 3 aromatic carbocycles. The molecule has 1 heteroatoms. The molecule has 0 heterocycles. The van der Waals surface area contributed by atoms with Gasteiger partial charge in [0.1, 0.15) is 0 Å². The van der Waals surface area contributed by atoms with Gasteiger partial charge in [-0.25, -0.2) is 0 Å². The minimum Gasteiger partial charge on any atom is -0.192 e. The fraction of sp³-hybridized carbons (Fsp3) is 0.457. The van der Waals surface area contributed by atoms with E-state index in [1.54, 1.807) is 5.56 Å². The molecular formula is C35H43N. The van der Waals surface area contributed by atoms with Crippen molar-refractivity contribution in [2.75, 3.05) is 0 Å². The van der Waals surface area contributed by atoms with Crippen LogP contribution in [0, 0.1) is 24.2 Å². The summed E-state index contributed by atoms with van der Waals surface area (Å²) in [6.45, 7) is 4.38. The van der Waals surface area contributed by atoms with Gasteiger partial charge in [0.25, 0.3) is 0 Å². The van der Waals surface area contributed by atoms with Gasteiger partial charge in [-0.3, -0.25) is 0 Å². The van der Waals surface area contributed by atoms with Crippen LogP contribution in [0.1, 0.15) is 105 Å². The van der Waals surface area contributed by atoms with Crippen LogP contribution in [0.3, 0.4) is 0 Å². The third-order valence-corrected chi connectivity index (χ3v) is 8.34.